The second kappa shape index (κ2) is 15.5. The minimum Gasteiger partial charge on any atom is -0.487 e. The van der Waals surface area contributed by atoms with Crippen LogP contribution in [0.2, 0.25) is 5.02 Å². The molecule has 264 valence electrons. The first-order valence-corrected chi connectivity index (χ1v) is 17.5. The van der Waals surface area contributed by atoms with Crippen molar-refractivity contribution in [3.05, 3.63) is 60.2 Å². The van der Waals surface area contributed by atoms with Crippen LogP contribution < -0.4 is 14.8 Å². The number of halogens is 1. The first kappa shape index (κ1) is 33.9. The van der Waals surface area contributed by atoms with Crippen LogP contribution in [-0.2, 0) is 11.3 Å². The maximum Gasteiger partial charge on any atom is 0.257 e. The number of nitrogens with zero attached hydrogens (tertiary/aromatic N) is 8. The van der Waals surface area contributed by atoms with Gasteiger partial charge in [0.15, 0.2) is 6.61 Å². The number of hydrogen-bond acceptors (Lipinski definition) is 13. The first-order valence-electron chi connectivity index (χ1n) is 17.1. The number of anilines is 2. The number of piperidine rings is 1. The molecule has 3 aromatic heterocycles. The summed E-state index contributed by atoms with van der Waals surface area (Å²) < 4.78 is 25.4. The molecule has 3 aliphatic heterocycles. The smallest absolute Gasteiger partial charge is 0.257 e. The Kier molecular flexibility index (Phi) is 10.5. The third-order valence-electron chi connectivity index (χ3n) is 9.75. The van der Waals surface area contributed by atoms with Gasteiger partial charge < -0.3 is 23.9 Å². The summed E-state index contributed by atoms with van der Waals surface area (Å²) in [6, 6.07) is 6.84. The molecule has 50 heavy (non-hydrogen) atoms. The van der Waals surface area contributed by atoms with E-state index in [9.17, 15) is 0 Å². The molecule has 4 aliphatic rings. The summed E-state index contributed by atoms with van der Waals surface area (Å²) in [6.07, 6.45) is 16.0. The second-order valence-electron chi connectivity index (χ2n) is 13.2. The van der Waals surface area contributed by atoms with Crippen molar-refractivity contribution < 1.29 is 18.6 Å². The molecule has 6 heterocycles. The molecule has 0 spiro atoms. The SMILES string of the molecule is C[C@@H](CN(C=N)N=N)Oc1cc(-c2cnc(Nc3cn(C4CCC(N5CC6CCC5COC6)CC4)nc3OCc3ncco3)nc2)ccc1Cl. The number of fused-ring (bicyclic) bond motifs is 4. The van der Waals surface area contributed by atoms with Crippen LogP contribution in [0.4, 0.5) is 11.6 Å². The third kappa shape index (κ3) is 7.90. The van der Waals surface area contributed by atoms with Crippen molar-refractivity contribution in [2.24, 2.45) is 11.1 Å². The van der Waals surface area contributed by atoms with Crippen molar-refractivity contribution in [2.45, 2.75) is 76.3 Å². The van der Waals surface area contributed by atoms with Gasteiger partial charge in [0.1, 0.15) is 30.1 Å². The van der Waals surface area contributed by atoms with Crippen LogP contribution in [-0.4, -0.2) is 85.5 Å². The summed E-state index contributed by atoms with van der Waals surface area (Å²) in [5.41, 5.74) is 9.39. The van der Waals surface area contributed by atoms with Crippen LogP contribution in [0.3, 0.4) is 0 Å². The zero-order valence-corrected chi connectivity index (χ0v) is 28.7. The maximum absolute atomic E-state index is 7.34. The fourth-order valence-electron chi connectivity index (χ4n) is 7.20. The van der Waals surface area contributed by atoms with Gasteiger partial charge in [-0.3, -0.25) is 15.0 Å². The second-order valence-corrected chi connectivity index (χ2v) is 13.6. The van der Waals surface area contributed by atoms with E-state index >= 15 is 0 Å². The van der Waals surface area contributed by atoms with Gasteiger partial charge in [0.05, 0.1) is 43.2 Å². The number of aromatic nitrogens is 5. The Morgan fingerprint density at radius 3 is 2.64 bits per heavy atom. The van der Waals surface area contributed by atoms with E-state index in [1.165, 1.54) is 19.1 Å². The van der Waals surface area contributed by atoms with Crippen molar-refractivity contribution in [1.29, 1.82) is 10.9 Å². The summed E-state index contributed by atoms with van der Waals surface area (Å²) in [7, 11) is 0. The highest BCUT2D eigenvalue weighted by atomic mass is 35.5. The Morgan fingerprint density at radius 2 is 1.88 bits per heavy atom. The molecule has 4 fully saturated rings. The molecule has 4 aromatic rings. The largest absolute Gasteiger partial charge is 0.487 e. The minimum atomic E-state index is -0.373. The average molecular weight is 704 g/mol. The topological polar surface area (TPSA) is 176 Å². The molecule has 2 unspecified atom stereocenters. The van der Waals surface area contributed by atoms with Crippen LogP contribution >= 0.6 is 11.6 Å². The van der Waals surface area contributed by atoms with E-state index in [1.54, 1.807) is 24.7 Å². The van der Waals surface area contributed by atoms with Crippen molar-refractivity contribution >= 4 is 29.6 Å². The molecular weight excluding hydrogens is 662 g/mol. The molecule has 3 N–H and O–H groups in total. The van der Waals surface area contributed by atoms with E-state index in [4.69, 9.17) is 46.3 Å². The summed E-state index contributed by atoms with van der Waals surface area (Å²) in [4.78, 5) is 16.1. The van der Waals surface area contributed by atoms with E-state index in [1.807, 2.05) is 29.9 Å². The lowest BCUT2D eigenvalue weighted by molar-refractivity contribution is 0.0459. The number of nitrogens with one attached hydrogen (secondary N) is 3. The fraction of sp³-hybridized carbons (Fsp3) is 0.500. The van der Waals surface area contributed by atoms with Crippen LogP contribution in [0.5, 0.6) is 11.6 Å². The zero-order chi connectivity index (χ0) is 34.5. The zero-order valence-electron chi connectivity index (χ0n) is 27.9. The molecule has 16 heteroatoms. The molecule has 1 aliphatic carbocycles. The average Bonchev–Trinajstić information content (AvgIpc) is 3.69. The van der Waals surface area contributed by atoms with Crippen LogP contribution in [0, 0.1) is 16.9 Å². The number of rotatable bonds is 14. The van der Waals surface area contributed by atoms with E-state index in [2.05, 4.69) is 30.4 Å². The maximum atomic E-state index is 7.34. The van der Waals surface area contributed by atoms with Gasteiger partial charge in [0.2, 0.25) is 11.8 Å². The van der Waals surface area contributed by atoms with Gasteiger partial charge in [-0.05, 0) is 69.1 Å². The third-order valence-corrected chi connectivity index (χ3v) is 10.1. The lowest BCUT2D eigenvalue weighted by Gasteiger charge is -2.43. The highest BCUT2D eigenvalue weighted by Gasteiger charge is 2.38. The summed E-state index contributed by atoms with van der Waals surface area (Å²) in [6.45, 7) is 5.12. The van der Waals surface area contributed by atoms with E-state index in [-0.39, 0.29) is 25.3 Å². The highest BCUT2D eigenvalue weighted by Crippen LogP contribution is 2.38. The van der Waals surface area contributed by atoms with Gasteiger partial charge >= 0.3 is 0 Å². The molecule has 3 saturated heterocycles. The van der Waals surface area contributed by atoms with Crippen LogP contribution in [0.25, 0.3) is 11.1 Å². The molecular formula is C34H42ClN11O4. The van der Waals surface area contributed by atoms with Crippen molar-refractivity contribution in [1.82, 2.24) is 34.6 Å². The van der Waals surface area contributed by atoms with Crippen LogP contribution in [0.1, 0.15) is 57.4 Å². The first-order chi connectivity index (χ1) is 24.4. The number of ether oxygens (including phenoxy) is 3. The van der Waals surface area contributed by atoms with E-state index < -0.39 is 0 Å². The lowest BCUT2D eigenvalue weighted by Crippen LogP contribution is -2.50. The standard InChI is InChI=1S/C34H42ClN11O4/c1-22(15-44(21-36)43-37)50-31-12-24(3-9-29(31)35)25-13-39-34(40-14-25)41-30-17-46(42-33(30)49-20-32-38-10-11-48-32)27-7-5-26(6-8-27)45-16-23-2-4-28(45)19-47-18-23/h3,9-14,17,21-23,26-28,36-37H,2,4-8,15-16,18-20H2,1H3,(H,39,40,41)/t22-,23?,26?,27?,28?/m0/s1. The Hall–Kier alpha value is -4.60. The van der Waals surface area contributed by atoms with Gasteiger partial charge in [0.25, 0.3) is 5.88 Å². The Bertz CT molecular complexity index is 1720. The van der Waals surface area contributed by atoms with Crippen LogP contribution in [0.15, 0.2) is 58.9 Å². The normalized spacial score (nSPS) is 22.8. The molecule has 1 saturated carbocycles. The monoisotopic (exact) mass is 703 g/mol. The summed E-state index contributed by atoms with van der Waals surface area (Å²) in [5.74, 6) is 2.41. The molecule has 2 bridgehead atoms. The summed E-state index contributed by atoms with van der Waals surface area (Å²) >= 11 is 6.42. The minimum absolute atomic E-state index is 0.141. The van der Waals surface area contributed by atoms with Crippen molar-refractivity contribution in [3.63, 3.8) is 0 Å². The molecule has 0 radical (unpaired) electrons. The fourth-order valence-corrected chi connectivity index (χ4v) is 7.37. The van der Waals surface area contributed by atoms with Gasteiger partial charge in [-0.25, -0.2) is 20.0 Å². The Morgan fingerprint density at radius 1 is 1.08 bits per heavy atom. The predicted octanol–water partition coefficient (Wildman–Crippen LogP) is 6.52. The van der Waals surface area contributed by atoms with Crippen molar-refractivity contribution in [2.75, 3.05) is 31.6 Å². The van der Waals surface area contributed by atoms with E-state index in [0.29, 0.717) is 52.2 Å². The molecule has 1 aromatic carbocycles. The van der Waals surface area contributed by atoms with Gasteiger partial charge in [-0.15, -0.1) is 5.10 Å². The summed E-state index contributed by atoms with van der Waals surface area (Å²) in [5, 5.41) is 20.4. The lowest BCUT2D eigenvalue weighted by atomic mass is 9.86. The van der Waals surface area contributed by atoms with E-state index in [0.717, 1.165) is 67.9 Å². The molecule has 3 atom stereocenters. The molecule has 8 rings (SSSR count). The number of hydrogen-bond donors (Lipinski definition) is 3. The Balaban J connectivity index is 1.03. The van der Waals surface area contributed by atoms with Gasteiger partial charge in [-0.1, -0.05) is 22.9 Å². The predicted molar refractivity (Wildman–Crippen MR) is 185 cm³/mol. The highest BCUT2D eigenvalue weighted by molar-refractivity contribution is 6.32. The van der Waals surface area contributed by atoms with Crippen molar-refractivity contribution in [3.8, 4) is 22.8 Å². The Labute approximate surface area is 295 Å². The number of benzene rings is 1. The molecule has 0 amide bonds. The molecule has 15 nitrogen and oxygen atoms in total. The quantitative estimate of drug-likeness (QED) is 0.0564. The number of oxazole rings is 1. The van der Waals surface area contributed by atoms with Gasteiger partial charge in [0, 0.05) is 36.6 Å². The van der Waals surface area contributed by atoms with Gasteiger partial charge in [-0.2, -0.15) is 5.53 Å².